The maximum atomic E-state index is 13.1. The highest BCUT2D eigenvalue weighted by Gasteiger charge is 2.39. The van der Waals surface area contributed by atoms with E-state index in [1.54, 1.807) is 31.4 Å². The van der Waals surface area contributed by atoms with Crippen LogP contribution in [0, 0.1) is 0 Å². The van der Waals surface area contributed by atoms with Gasteiger partial charge in [0.25, 0.3) is 0 Å². The number of halogens is 2. The van der Waals surface area contributed by atoms with Crippen molar-refractivity contribution >= 4 is 40.9 Å². The Morgan fingerprint density at radius 3 is 2.86 bits per heavy atom. The number of imidazole rings is 1. The number of nitrogens with zero attached hydrogens (tertiary/aromatic N) is 5. The van der Waals surface area contributed by atoms with Crippen LogP contribution in [0.5, 0.6) is 0 Å². The van der Waals surface area contributed by atoms with E-state index in [0.717, 1.165) is 55.3 Å². The number of ether oxygens (including phenoxy) is 2. The Bertz CT molecular complexity index is 1590. The number of nitrogens with one attached hydrogen (secondary N) is 3. The van der Waals surface area contributed by atoms with Gasteiger partial charge in [-0.15, -0.1) is 5.10 Å². The Labute approximate surface area is 252 Å². The van der Waals surface area contributed by atoms with Crippen LogP contribution in [-0.4, -0.2) is 55.7 Å². The summed E-state index contributed by atoms with van der Waals surface area (Å²) in [5, 5.41) is 18.8. The van der Waals surface area contributed by atoms with Gasteiger partial charge in [0.15, 0.2) is 6.23 Å². The number of methoxy groups -OCH3 is 1. The Hall–Kier alpha value is -3.77. The molecular formula is C29H30Cl2N8O3. The molecule has 1 amide bonds. The summed E-state index contributed by atoms with van der Waals surface area (Å²) in [7, 11) is 1.63. The van der Waals surface area contributed by atoms with Crippen molar-refractivity contribution in [3.8, 4) is 16.9 Å². The highest BCUT2D eigenvalue weighted by atomic mass is 35.5. The minimum absolute atomic E-state index is 0.150. The van der Waals surface area contributed by atoms with Crippen molar-refractivity contribution in [2.24, 2.45) is 0 Å². The molecule has 3 unspecified atom stereocenters. The fourth-order valence-corrected chi connectivity index (χ4v) is 5.62. The van der Waals surface area contributed by atoms with Crippen LogP contribution in [0.3, 0.4) is 0 Å². The molecule has 2 aromatic heterocycles. The van der Waals surface area contributed by atoms with Gasteiger partial charge in [-0.1, -0.05) is 48.5 Å². The van der Waals surface area contributed by atoms with E-state index in [2.05, 4.69) is 37.2 Å². The summed E-state index contributed by atoms with van der Waals surface area (Å²) in [6, 6.07) is 11.1. The molecule has 0 radical (unpaired) electrons. The molecule has 4 heterocycles. The number of hydrogen-bond acceptors (Lipinski definition) is 8. The van der Waals surface area contributed by atoms with Crippen molar-refractivity contribution in [3.05, 3.63) is 75.9 Å². The maximum absolute atomic E-state index is 13.1. The number of H-pyrrole nitrogens is 1. The first-order valence-corrected chi connectivity index (χ1v) is 14.6. The quantitative estimate of drug-likeness (QED) is 0.185. The molecule has 0 aliphatic carbocycles. The number of carbonyl (C=O) groups excluding carboxylic acids is 1. The van der Waals surface area contributed by atoms with E-state index in [0.29, 0.717) is 32.9 Å². The lowest BCUT2D eigenvalue weighted by Crippen LogP contribution is -2.27. The number of aryl methyl sites for hydroxylation is 1. The van der Waals surface area contributed by atoms with E-state index in [-0.39, 0.29) is 24.5 Å². The molecule has 42 heavy (non-hydrogen) atoms. The molecule has 2 aromatic carbocycles. The second kappa shape index (κ2) is 12.6. The lowest BCUT2D eigenvalue weighted by molar-refractivity contribution is -0.117. The van der Waals surface area contributed by atoms with Gasteiger partial charge >= 0.3 is 0 Å². The average Bonchev–Trinajstić information content (AvgIpc) is 3.31. The summed E-state index contributed by atoms with van der Waals surface area (Å²) in [5.41, 5.74) is 5.14. The Kier molecular flexibility index (Phi) is 8.52. The van der Waals surface area contributed by atoms with E-state index in [1.165, 1.54) is 17.1 Å². The number of hydrogen-bond donors (Lipinski definition) is 3. The van der Waals surface area contributed by atoms with Crippen LogP contribution in [0.15, 0.2) is 48.8 Å². The third kappa shape index (κ3) is 6.49. The summed E-state index contributed by atoms with van der Waals surface area (Å²) in [6.07, 6.45) is 10.0. The van der Waals surface area contributed by atoms with Gasteiger partial charge < -0.3 is 25.1 Å². The number of anilines is 1. The third-order valence-electron chi connectivity index (χ3n) is 7.37. The molecule has 2 bridgehead atoms. The number of amides is 1. The molecule has 2 aliphatic heterocycles. The van der Waals surface area contributed by atoms with Crippen molar-refractivity contribution in [3.63, 3.8) is 0 Å². The summed E-state index contributed by atoms with van der Waals surface area (Å²) in [4.78, 5) is 21.3. The van der Waals surface area contributed by atoms with Crippen LogP contribution in [-0.2, 0) is 20.7 Å². The Balaban J connectivity index is 1.23. The van der Waals surface area contributed by atoms with Gasteiger partial charge in [0.05, 0.1) is 11.7 Å². The number of epoxide rings is 1. The lowest BCUT2D eigenvalue weighted by Gasteiger charge is -2.17. The molecule has 218 valence electrons. The topological polar surface area (TPSA) is 135 Å². The predicted octanol–water partition coefficient (Wildman–Crippen LogP) is 5.48. The van der Waals surface area contributed by atoms with Gasteiger partial charge in [0.1, 0.15) is 23.0 Å². The van der Waals surface area contributed by atoms with Crippen LogP contribution in [0.2, 0.25) is 10.2 Å². The smallest absolute Gasteiger partial charge is 0.244 e. The fraction of sp³-hybridized carbons (Fsp3) is 0.345. The summed E-state index contributed by atoms with van der Waals surface area (Å²) < 4.78 is 12.2. The van der Waals surface area contributed by atoms with Gasteiger partial charge in [0.2, 0.25) is 12.2 Å². The number of aromatic nitrogens is 6. The normalized spacial score (nSPS) is 20.4. The highest BCUT2D eigenvalue weighted by molar-refractivity contribution is 6.32. The van der Waals surface area contributed by atoms with Crippen molar-refractivity contribution in [1.29, 1.82) is 0 Å². The minimum Gasteiger partial charge on any atom is -0.356 e. The number of carbonyl (C=O) groups is 1. The maximum Gasteiger partial charge on any atom is 0.244 e. The Morgan fingerprint density at radius 1 is 1.17 bits per heavy atom. The zero-order valence-corrected chi connectivity index (χ0v) is 24.4. The highest BCUT2D eigenvalue weighted by Crippen LogP contribution is 2.35. The monoisotopic (exact) mass is 608 g/mol. The van der Waals surface area contributed by atoms with Crippen LogP contribution in [0.1, 0.15) is 55.1 Å². The van der Waals surface area contributed by atoms with Gasteiger partial charge in [-0.25, -0.2) is 4.98 Å². The van der Waals surface area contributed by atoms with E-state index in [1.807, 2.05) is 12.1 Å². The van der Waals surface area contributed by atoms with Gasteiger partial charge in [0, 0.05) is 35.0 Å². The first-order chi connectivity index (χ1) is 20.5. The summed E-state index contributed by atoms with van der Waals surface area (Å²) in [5.74, 6) is 0.355. The van der Waals surface area contributed by atoms with Crippen LogP contribution in [0.4, 0.5) is 5.69 Å². The zero-order valence-electron chi connectivity index (χ0n) is 22.9. The zero-order chi connectivity index (χ0) is 29.1. The molecular weight excluding hydrogens is 579 g/mol. The number of aromatic amines is 1. The number of rotatable bonds is 7. The number of tetrazole rings is 1. The Morgan fingerprint density at radius 2 is 2.05 bits per heavy atom. The second-order valence-electron chi connectivity index (χ2n) is 10.3. The number of fused-ring (bicyclic) bond motifs is 4. The lowest BCUT2D eigenvalue weighted by atomic mass is 9.97. The molecule has 1 saturated heterocycles. The summed E-state index contributed by atoms with van der Waals surface area (Å²) >= 11 is 12.9. The second-order valence-corrected chi connectivity index (χ2v) is 11.1. The van der Waals surface area contributed by atoms with E-state index in [4.69, 9.17) is 37.7 Å². The third-order valence-corrected chi connectivity index (χ3v) is 7.87. The SMILES string of the molecule is COC1OC1Nc1ccc2c(c1)CCCCCCC(NC(=O)C=Cc1cc(Cl)ccc1-n1cnnn1)c1nc-2c(Cl)[nH]1. The molecule has 13 heteroatoms. The van der Waals surface area contributed by atoms with Crippen LogP contribution in [0.25, 0.3) is 23.0 Å². The van der Waals surface area contributed by atoms with Gasteiger partial charge in [-0.05, 0) is 71.7 Å². The first-order valence-electron chi connectivity index (χ1n) is 13.8. The predicted molar refractivity (Wildman–Crippen MR) is 159 cm³/mol. The molecule has 0 spiro atoms. The van der Waals surface area contributed by atoms with Crippen molar-refractivity contribution < 1.29 is 14.3 Å². The van der Waals surface area contributed by atoms with Crippen LogP contribution < -0.4 is 10.6 Å². The summed E-state index contributed by atoms with van der Waals surface area (Å²) in [6.45, 7) is 0. The van der Waals surface area contributed by atoms with Crippen molar-refractivity contribution in [2.45, 2.75) is 57.1 Å². The molecule has 0 saturated carbocycles. The van der Waals surface area contributed by atoms with Gasteiger partial charge in [-0.2, -0.15) is 4.68 Å². The van der Waals surface area contributed by atoms with Crippen molar-refractivity contribution in [1.82, 2.24) is 35.5 Å². The first kappa shape index (κ1) is 28.4. The molecule has 6 rings (SSSR count). The average molecular weight is 610 g/mol. The van der Waals surface area contributed by atoms with Gasteiger partial charge in [-0.3, -0.25) is 4.79 Å². The molecule has 2 aliphatic rings. The van der Waals surface area contributed by atoms with Crippen molar-refractivity contribution in [2.75, 3.05) is 12.4 Å². The molecule has 1 fully saturated rings. The van der Waals surface area contributed by atoms with Crippen LogP contribution >= 0.6 is 23.2 Å². The molecule has 11 nitrogen and oxygen atoms in total. The number of benzene rings is 2. The van der Waals surface area contributed by atoms with E-state index < -0.39 is 0 Å². The minimum atomic E-state index is -0.339. The fourth-order valence-electron chi connectivity index (χ4n) is 5.20. The molecule has 3 atom stereocenters. The van der Waals surface area contributed by atoms with E-state index in [9.17, 15) is 4.79 Å². The van der Waals surface area contributed by atoms with E-state index >= 15 is 0 Å². The standard InChI is InChI=1S/C29H30Cl2N8O3/c1-41-29-28(42-29)33-20-10-11-21-17(15-20)6-4-2-3-5-7-22(27-35-25(21)26(31)36-27)34-24(40)13-8-18-14-19(30)9-12-23(18)39-16-32-37-38-39/h8-16,22,28-29,33H,2-7H2,1H3,(H,34,40)(H,35,36). The molecule has 4 aromatic rings. The largest absolute Gasteiger partial charge is 0.356 e. The molecule has 3 N–H and O–H groups in total.